The van der Waals surface area contributed by atoms with Gasteiger partial charge in [-0.1, -0.05) is 35.0 Å². The number of aryl methyl sites for hydroxylation is 1. The third-order valence-corrected chi connectivity index (χ3v) is 4.56. The molecular formula is C18H20N2O2. The van der Waals surface area contributed by atoms with Gasteiger partial charge in [0, 0.05) is 12.0 Å². The molecular weight excluding hydrogens is 276 g/mol. The third-order valence-electron chi connectivity index (χ3n) is 4.56. The highest BCUT2D eigenvalue weighted by molar-refractivity contribution is 5.92. The number of amides is 1. The Bertz CT molecular complexity index is 681. The van der Waals surface area contributed by atoms with Crippen molar-refractivity contribution in [1.29, 1.82) is 0 Å². The normalized spacial score (nSPS) is 19.0. The molecule has 1 N–H and O–H groups in total. The summed E-state index contributed by atoms with van der Waals surface area (Å²) in [5.41, 5.74) is 2.81. The zero-order valence-electron chi connectivity index (χ0n) is 12.7. The molecule has 114 valence electrons. The van der Waals surface area contributed by atoms with Crippen LogP contribution in [0.2, 0.25) is 0 Å². The Balaban J connectivity index is 1.50. The van der Waals surface area contributed by atoms with E-state index in [2.05, 4.69) is 41.7 Å². The van der Waals surface area contributed by atoms with Crippen LogP contribution in [0.25, 0.3) is 0 Å². The van der Waals surface area contributed by atoms with E-state index in [0.29, 0.717) is 17.5 Å². The van der Waals surface area contributed by atoms with Crippen LogP contribution in [0.3, 0.4) is 0 Å². The summed E-state index contributed by atoms with van der Waals surface area (Å²) in [6.45, 7) is 2.07. The van der Waals surface area contributed by atoms with E-state index < -0.39 is 0 Å². The average molecular weight is 296 g/mol. The van der Waals surface area contributed by atoms with E-state index in [4.69, 9.17) is 4.52 Å². The molecule has 4 heteroatoms. The SMILES string of the molecule is Cc1ccc([C@@H](NC(=O)c2cc(C3CC3)on2)C2CC2)cc1. The monoisotopic (exact) mass is 296 g/mol. The van der Waals surface area contributed by atoms with Gasteiger partial charge < -0.3 is 9.84 Å². The van der Waals surface area contributed by atoms with Gasteiger partial charge in [-0.2, -0.15) is 0 Å². The van der Waals surface area contributed by atoms with Gasteiger partial charge in [-0.05, 0) is 44.1 Å². The molecule has 1 heterocycles. The van der Waals surface area contributed by atoms with Gasteiger partial charge in [0.05, 0.1) is 6.04 Å². The Morgan fingerprint density at radius 1 is 1.23 bits per heavy atom. The summed E-state index contributed by atoms with van der Waals surface area (Å²) in [4.78, 5) is 12.5. The molecule has 2 saturated carbocycles. The summed E-state index contributed by atoms with van der Waals surface area (Å²) in [6, 6.07) is 10.3. The van der Waals surface area contributed by atoms with E-state index in [1.807, 2.05) is 0 Å². The zero-order chi connectivity index (χ0) is 15.1. The molecule has 0 radical (unpaired) electrons. The van der Waals surface area contributed by atoms with Crippen LogP contribution in [-0.4, -0.2) is 11.1 Å². The summed E-state index contributed by atoms with van der Waals surface area (Å²) < 4.78 is 5.28. The minimum absolute atomic E-state index is 0.0779. The van der Waals surface area contributed by atoms with Gasteiger partial charge in [-0.3, -0.25) is 4.79 Å². The molecule has 1 aromatic carbocycles. The zero-order valence-corrected chi connectivity index (χ0v) is 12.7. The van der Waals surface area contributed by atoms with Crippen molar-refractivity contribution in [2.75, 3.05) is 0 Å². The standard InChI is InChI=1S/C18H20N2O2/c1-11-2-4-13(5-3-11)17(14-8-9-14)19-18(21)15-10-16(22-20-15)12-6-7-12/h2-5,10,12,14,17H,6-9H2,1H3,(H,19,21)/t17-/m1/s1. The molecule has 0 spiro atoms. The highest BCUT2D eigenvalue weighted by Gasteiger charge is 2.34. The highest BCUT2D eigenvalue weighted by atomic mass is 16.5. The van der Waals surface area contributed by atoms with Gasteiger partial charge in [0.2, 0.25) is 0 Å². The fraction of sp³-hybridized carbons (Fsp3) is 0.444. The fourth-order valence-corrected chi connectivity index (χ4v) is 2.85. The van der Waals surface area contributed by atoms with Gasteiger partial charge in [-0.15, -0.1) is 0 Å². The smallest absolute Gasteiger partial charge is 0.273 e. The van der Waals surface area contributed by atoms with Crippen molar-refractivity contribution in [3.8, 4) is 0 Å². The van der Waals surface area contributed by atoms with E-state index in [1.54, 1.807) is 6.07 Å². The summed E-state index contributed by atoms with van der Waals surface area (Å²) >= 11 is 0. The van der Waals surface area contributed by atoms with Crippen LogP contribution in [-0.2, 0) is 0 Å². The van der Waals surface area contributed by atoms with Crippen molar-refractivity contribution in [3.63, 3.8) is 0 Å². The van der Waals surface area contributed by atoms with Crippen LogP contribution in [0.4, 0.5) is 0 Å². The van der Waals surface area contributed by atoms with Crippen molar-refractivity contribution in [3.05, 3.63) is 52.9 Å². The molecule has 4 nitrogen and oxygen atoms in total. The van der Waals surface area contributed by atoms with Crippen LogP contribution in [0, 0.1) is 12.8 Å². The van der Waals surface area contributed by atoms with Gasteiger partial charge in [-0.25, -0.2) is 0 Å². The largest absolute Gasteiger partial charge is 0.360 e. The van der Waals surface area contributed by atoms with E-state index in [0.717, 1.165) is 18.6 Å². The Labute approximate surface area is 129 Å². The van der Waals surface area contributed by atoms with Gasteiger partial charge in [0.1, 0.15) is 5.76 Å². The number of nitrogens with one attached hydrogen (secondary N) is 1. The molecule has 2 fully saturated rings. The lowest BCUT2D eigenvalue weighted by molar-refractivity contribution is 0.0922. The molecule has 22 heavy (non-hydrogen) atoms. The lowest BCUT2D eigenvalue weighted by Gasteiger charge is -2.18. The predicted molar refractivity (Wildman–Crippen MR) is 82.6 cm³/mol. The summed E-state index contributed by atoms with van der Waals surface area (Å²) in [5, 5.41) is 7.07. The molecule has 0 bridgehead atoms. The number of hydrogen-bond donors (Lipinski definition) is 1. The van der Waals surface area contributed by atoms with Crippen molar-refractivity contribution in [1.82, 2.24) is 10.5 Å². The second kappa shape index (κ2) is 5.27. The van der Waals surface area contributed by atoms with Gasteiger partial charge >= 0.3 is 0 Å². The highest BCUT2D eigenvalue weighted by Crippen LogP contribution is 2.42. The number of benzene rings is 1. The second-order valence-corrected chi connectivity index (χ2v) is 6.59. The fourth-order valence-electron chi connectivity index (χ4n) is 2.85. The second-order valence-electron chi connectivity index (χ2n) is 6.59. The lowest BCUT2D eigenvalue weighted by Crippen LogP contribution is -2.30. The van der Waals surface area contributed by atoms with Crippen LogP contribution in [0.15, 0.2) is 34.9 Å². The average Bonchev–Trinajstić information content (AvgIpc) is 3.45. The van der Waals surface area contributed by atoms with E-state index in [-0.39, 0.29) is 11.9 Å². The maximum atomic E-state index is 12.5. The quantitative estimate of drug-likeness (QED) is 0.914. The molecule has 0 unspecified atom stereocenters. The predicted octanol–water partition coefficient (Wildman–Crippen LogP) is 3.74. The maximum Gasteiger partial charge on any atom is 0.273 e. The molecule has 4 rings (SSSR count). The van der Waals surface area contributed by atoms with Gasteiger partial charge in [0.25, 0.3) is 5.91 Å². The molecule has 1 amide bonds. The molecule has 1 atom stereocenters. The Morgan fingerprint density at radius 3 is 2.59 bits per heavy atom. The van der Waals surface area contributed by atoms with Crippen molar-refractivity contribution in [2.45, 2.75) is 44.6 Å². The van der Waals surface area contributed by atoms with E-state index >= 15 is 0 Å². The van der Waals surface area contributed by atoms with Crippen molar-refractivity contribution < 1.29 is 9.32 Å². The summed E-state index contributed by atoms with van der Waals surface area (Å²) in [6.07, 6.45) is 4.63. The van der Waals surface area contributed by atoms with Crippen LogP contribution in [0.5, 0.6) is 0 Å². The summed E-state index contributed by atoms with van der Waals surface area (Å²) in [5.74, 6) is 1.74. The number of rotatable bonds is 5. The third kappa shape index (κ3) is 2.78. The first-order valence-electron chi connectivity index (χ1n) is 8.05. The number of carbonyl (C=O) groups is 1. The molecule has 2 aromatic rings. The van der Waals surface area contributed by atoms with E-state index in [1.165, 1.54) is 24.0 Å². The number of hydrogen-bond acceptors (Lipinski definition) is 3. The van der Waals surface area contributed by atoms with Crippen molar-refractivity contribution in [2.24, 2.45) is 5.92 Å². The van der Waals surface area contributed by atoms with Crippen molar-refractivity contribution >= 4 is 5.91 Å². The van der Waals surface area contributed by atoms with Gasteiger partial charge in [0.15, 0.2) is 5.69 Å². The van der Waals surface area contributed by atoms with Crippen LogP contribution in [0.1, 0.15) is 65.0 Å². The Kier molecular flexibility index (Phi) is 3.25. The number of carbonyl (C=O) groups excluding carboxylic acids is 1. The van der Waals surface area contributed by atoms with E-state index in [9.17, 15) is 4.79 Å². The number of nitrogens with zero attached hydrogens (tertiary/aromatic N) is 1. The maximum absolute atomic E-state index is 12.5. The van der Waals surface area contributed by atoms with Crippen LogP contribution >= 0.6 is 0 Å². The Morgan fingerprint density at radius 2 is 1.95 bits per heavy atom. The molecule has 0 aliphatic heterocycles. The first-order chi connectivity index (χ1) is 10.7. The molecule has 1 aromatic heterocycles. The molecule has 2 aliphatic rings. The first kappa shape index (κ1) is 13.6. The minimum atomic E-state index is -0.131. The minimum Gasteiger partial charge on any atom is -0.360 e. The lowest BCUT2D eigenvalue weighted by atomic mass is 10.0. The Hall–Kier alpha value is -2.10. The molecule has 0 saturated heterocycles. The topological polar surface area (TPSA) is 55.1 Å². The first-order valence-corrected chi connectivity index (χ1v) is 8.05. The van der Waals surface area contributed by atoms with Crippen LogP contribution < -0.4 is 5.32 Å². The summed E-state index contributed by atoms with van der Waals surface area (Å²) in [7, 11) is 0. The molecule has 2 aliphatic carbocycles. The number of aromatic nitrogens is 1.